The number of nitrogens with one attached hydrogen (secondary N) is 1. The van der Waals surface area contributed by atoms with Gasteiger partial charge in [-0.1, -0.05) is 55.7 Å². The molecule has 8 rings (SSSR count). The summed E-state index contributed by atoms with van der Waals surface area (Å²) < 4.78 is 18.4. The number of allylic oxidation sites excluding steroid dienone is 4. The van der Waals surface area contributed by atoms with Gasteiger partial charge in [-0.3, -0.25) is 9.79 Å². The molecule has 0 saturated heterocycles. The fourth-order valence-electron chi connectivity index (χ4n) is 8.72. The van der Waals surface area contributed by atoms with Crippen molar-refractivity contribution in [1.82, 2.24) is 0 Å². The number of ether oxygens (including phenoxy) is 3. The first kappa shape index (κ1) is 42.0. The number of aliphatic imine (C=N–C) groups is 1. The Morgan fingerprint density at radius 1 is 1.03 bits per heavy atom. The number of carbonyl (C=O) groups excluding carboxylic acids is 1. The van der Waals surface area contributed by atoms with Gasteiger partial charge in [0.05, 0.1) is 13.7 Å². The minimum absolute atomic E-state index is 0.0433. The number of aryl methyl sites for hydroxylation is 2. The molecule has 4 atom stereocenters. The van der Waals surface area contributed by atoms with Crippen molar-refractivity contribution in [3.63, 3.8) is 0 Å². The molecule has 6 bridgehead atoms. The first-order valence-corrected chi connectivity index (χ1v) is 20.9. The molecule has 4 aromatic rings. The monoisotopic (exact) mass is 809 g/mol. The zero-order valence-electron chi connectivity index (χ0n) is 34.7. The smallest absolute Gasteiger partial charge is 0.192 e. The van der Waals surface area contributed by atoms with Gasteiger partial charge in [0, 0.05) is 49.0 Å². The van der Waals surface area contributed by atoms with Crippen molar-refractivity contribution in [1.29, 1.82) is 0 Å². The van der Waals surface area contributed by atoms with Crippen LogP contribution in [0.5, 0.6) is 17.2 Å². The molecule has 0 unspecified atom stereocenters. The molecular formula is C50H55N3O7. The van der Waals surface area contributed by atoms with Crippen LogP contribution in [0.3, 0.4) is 0 Å². The van der Waals surface area contributed by atoms with Crippen LogP contribution in [0, 0.1) is 23.9 Å². The van der Waals surface area contributed by atoms with Crippen LogP contribution in [0.1, 0.15) is 90.3 Å². The van der Waals surface area contributed by atoms with Gasteiger partial charge in [0.2, 0.25) is 0 Å². The average Bonchev–Trinajstić information content (AvgIpc) is 3.24. The van der Waals surface area contributed by atoms with Gasteiger partial charge in [-0.2, -0.15) is 0 Å². The highest BCUT2D eigenvalue weighted by Crippen LogP contribution is 2.43. The standard InChI is InChI=1S/C50H55N3O7/c1-31-13-19-42-45-30-60-48-23-33(15-20-47(48)58-3)14-17-39(56)27-40(59-21-7-12-41-44(26-36(45)29-54)49(42)43(31)28-46(41)57)25-35-24-38(55)18-16-34(35)10-5-4-8-32-9-6-11-37(22-32)53-50(51)52-2/h6,9,11,13,15-16,18-20,22-24,26,28,31,34-35,40,54-55,57H,4-5,8,10,12,14,17,25,27,29-30H2,1-3H3,(H3,51,52,53)/t31-,34-,35+,40-/m0/s1. The summed E-state index contributed by atoms with van der Waals surface area (Å²) in [5, 5.41) is 37.6. The normalized spacial score (nSPS) is 20.3. The van der Waals surface area contributed by atoms with Crippen LogP contribution in [0.25, 0.3) is 16.8 Å². The van der Waals surface area contributed by atoms with Gasteiger partial charge in [0.15, 0.2) is 17.5 Å². The zero-order valence-corrected chi connectivity index (χ0v) is 34.7. The number of hydrogen-bond acceptors (Lipinski definition) is 8. The highest BCUT2D eigenvalue weighted by Gasteiger charge is 2.28. The van der Waals surface area contributed by atoms with Crippen LogP contribution >= 0.6 is 0 Å². The van der Waals surface area contributed by atoms with Crippen LogP contribution in [-0.2, 0) is 42.0 Å². The Balaban J connectivity index is 1.14. The van der Waals surface area contributed by atoms with Crippen LogP contribution in [0.2, 0.25) is 0 Å². The number of nitrogens with two attached hydrogens (primary N) is 1. The predicted molar refractivity (Wildman–Crippen MR) is 237 cm³/mol. The number of carbonyl (C=O) groups is 1. The number of Topliss-reactive ketones (excluding diaryl/α,β-unsaturated/α-hetero) is 1. The van der Waals surface area contributed by atoms with E-state index in [2.05, 4.69) is 59.6 Å². The molecule has 60 heavy (non-hydrogen) atoms. The number of rotatable bonds is 10. The fraction of sp³-hybridized carbons (Fsp3) is 0.360. The van der Waals surface area contributed by atoms with Crippen molar-refractivity contribution < 1.29 is 34.3 Å². The Labute approximate surface area is 352 Å². The maximum atomic E-state index is 13.7. The van der Waals surface area contributed by atoms with Gasteiger partial charge in [-0.25, -0.2) is 0 Å². The number of aliphatic hydroxyl groups excluding tert-OH is 2. The Bertz CT molecular complexity index is 2420. The number of nitrogens with zero attached hydrogens (tertiary/aromatic N) is 1. The molecule has 0 radical (unpaired) electrons. The number of aromatic hydroxyl groups is 1. The molecule has 2 aliphatic carbocycles. The molecule has 0 aromatic heterocycles. The molecule has 2 aliphatic heterocycles. The number of fused-ring (bicyclic) bond motifs is 9. The molecule has 6 N–H and O–H groups in total. The third-order valence-corrected chi connectivity index (χ3v) is 12.0. The van der Waals surface area contributed by atoms with Gasteiger partial charge >= 0.3 is 0 Å². The molecule has 0 saturated carbocycles. The first-order chi connectivity index (χ1) is 29.1. The minimum atomic E-state index is -0.529. The van der Waals surface area contributed by atoms with Crippen molar-refractivity contribution in [2.24, 2.45) is 22.6 Å². The SMILES string of the molecule is CN=C(N)Nc1cccc(CCCC[C@H]2C=CC(O)=C[C@@H]2C[C@H]2CC(=O)CCc3ccc(OC)c(c3)OCc3c(CO)cc4c(c(O)cc5c4c3C=C[C@@H]5C)CC#CO2)c1. The lowest BCUT2D eigenvalue weighted by atomic mass is 9.80. The van der Waals surface area contributed by atoms with Gasteiger partial charge in [0.25, 0.3) is 0 Å². The summed E-state index contributed by atoms with van der Waals surface area (Å²) in [6.45, 7) is 2.06. The van der Waals surface area contributed by atoms with Crippen molar-refractivity contribution in [3.8, 4) is 29.3 Å². The number of guanidine groups is 1. The summed E-state index contributed by atoms with van der Waals surface area (Å²) in [5.41, 5.74) is 13.0. The molecule has 0 amide bonds. The molecule has 4 aliphatic rings. The number of hydrogen-bond donors (Lipinski definition) is 5. The molecule has 0 spiro atoms. The molecule has 10 heteroatoms. The summed E-state index contributed by atoms with van der Waals surface area (Å²) >= 11 is 0. The molecular weight excluding hydrogens is 755 g/mol. The topological polar surface area (TPSA) is 156 Å². The Morgan fingerprint density at radius 3 is 2.72 bits per heavy atom. The second-order valence-electron chi connectivity index (χ2n) is 16.0. The largest absolute Gasteiger partial charge is 0.508 e. The quantitative estimate of drug-likeness (QED) is 0.0457. The number of aliphatic hydroxyl groups is 2. The second kappa shape index (κ2) is 19.3. The Morgan fingerprint density at radius 2 is 1.90 bits per heavy atom. The second-order valence-corrected chi connectivity index (χ2v) is 16.0. The maximum absolute atomic E-state index is 13.7. The van der Waals surface area contributed by atoms with Gasteiger partial charge in [-0.15, -0.1) is 0 Å². The van der Waals surface area contributed by atoms with Crippen molar-refractivity contribution >= 4 is 34.3 Å². The van der Waals surface area contributed by atoms with Crippen molar-refractivity contribution in [2.45, 2.75) is 89.9 Å². The number of phenols is 1. The molecule has 0 fully saturated rings. The average molecular weight is 810 g/mol. The summed E-state index contributed by atoms with van der Waals surface area (Å²) in [5.74, 6) is 5.15. The molecule has 4 aromatic carbocycles. The van der Waals surface area contributed by atoms with Crippen LogP contribution in [0.4, 0.5) is 5.69 Å². The summed E-state index contributed by atoms with van der Waals surface area (Å²) in [6.07, 6.45) is 17.7. The lowest BCUT2D eigenvalue weighted by molar-refractivity contribution is -0.121. The van der Waals surface area contributed by atoms with Crippen molar-refractivity contribution in [3.05, 3.63) is 124 Å². The van der Waals surface area contributed by atoms with E-state index in [-0.39, 0.29) is 61.1 Å². The van der Waals surface area contributed by atoms with Gasteiger partial charge in [0.1, 0.15) is 36.1 Å². The molecule has 312 valence electrons. The minimum Gasteiger partial charge on any atom is -0.508 e. The van der Waals surface area contributed by atoms with E-state index >= 15 is 0 Å². The third kappa shape index (κ3) is 9.81. The number of ketones is 1. The maximum Gasteiger partial charge on any atom is 0.192 e. The van der Waals surface area contributed by atoms with E-state index in [1.165, 1.54) is 5.56 Å². The van der Waals surface area contributed by atoms with E-state index in [4.69, 9.17) is 19.9 Å². The highest BCUT2D eigenvalue weighted by atomic mass is 16.5. The van der Waals surface area contributed by atoms with Crippen LogP contribution in [-0.4, -0.2) is 47.3 Å². The van der Waals surface area contributed by atoms with Gasteiger partial charge < -0.3 is 40.6 Å². The van der Waals surface area contributed by atoms with Crippen LogP contribution in [0.15, 0.2) is 89.7 Å². The Hall–Kier alpha value is -6.18. The number of phenolic OH excluding ortho intramolecular Hbond substituents is 1. The van der Waals surface area contributed by atoms with Gasteiger partial charge in [-0.05, 0) is 131 Å². The zero-order chi connectivity index (χ0) is 42.2. The molecule has 2 heterocycles. The summed E-state index contributed by atoms with van der Waals surface area (Å²) in [4.78, 5) is 17.7. The lowest BCUT2D eigenvalue weighted by Crippen LogP contribution is -2.24. The van der Waals surface area contributed by atoms with E-state index in [1.54, 1.807) is 20.2 Å². The third-order valence-electron chi connectivity index (χ3n) is 12.0. The highest BCUT2D eigenvalue weighted by molar-refractivity contribution is 6.01. The van der Waals surface area contributed by atoms with E-state index in [0.717, 1.165) is 64.4 Å². The lowest BCUT2D eigenvalue weighted by Gasteiger charge is -2.28. The molecule has 10 nitrogen and oxygen atoms in total. The number of methoxy groups -OCH3 is 1. The number of anilines is 1. The number of benzene rings is 4. The van der Waals surface area contributed by atoms with Crippen LogP contribution < -0.4 is 20.5 Å². The van der Waals surface area contributed by atoms with E-state index < -0.39 is 6.10 Å². The van der Waals surface area contributed by atoms with Crippen molar-refractivity contribution in [2.75, 3.05) is 19.5 Å². The summed E-state index contributed by atoms with van der Waals surface area (Å²) in [7, 11) is 3.24. The van der Waals surface area contributed by atoms with E-state index in [9.17, 15) is 20.1 Å². The summed E-state index contributed by atoms with van der Waals surface area (Å²) in [6, 6.07) is 17.7. The Kier molecular flexibility index (Phi) is 13.5. The number of unbranched alkanes of at least 4 members (excludes halogenated alkanes) is 1. The predicted octanol–water partition coefficient (Wildman–Crippen LogP) is 8.95. The first-order valence-electron chi connectivity index (χ1n) is 20.9. The van der Waals surface area contributed by atoms with E-state index in [0.29, 0.717) is 47.8 Å². The van der Waals surface area contributed by atoms with E-state index in [1.807, 2.05) is 48.5 Å². The fourth-order valence-corrected chi connectivity index (χ4v) is 8.72.